The first-order valence-electron chi connectivity index (χ1n) is 9.60. The summed E-state index contributed by atoms with van der Waals surface area (Å²) in [5.41, 5.74) is 0.297. The van der Waals surface area contributed by atoms with Crippen LogP contribution in [0.3, 0.4) is 0 Å². The maximum Gasteiger partial charge on any atom is 0.329 e. The minimum Gasteiger partial charge on any atom is -0.323 e. The summed E-state index contributed by atoms with van der Waals surface area (Å²) in [5.74, 6) is -0.939. The van der Waals surface area contributed by atoms with E-state index in [1.54, 1.807) is 43.3 Å². The van der Waals surface area contributed by atoms with Gasteiger partial charge < -0.3 is 10.6 Å². The van der Waals surface area contributed by atoms with Gasteiger partial charge in [0.1, 0.15) is 11.2 Å². The molecule has 0 saturated carbocycles. The second kappa shape index (κ2) is 8.20. The molecule has 31 heavy (non-hydrogen) atoms. The molecule has 7 nitrogen and oxygen atoms in total. The lowest BCUT2D eigenvalue weighted by atomic mass is 9.93. The summed E-state index contributed by atoms with van der Waals surface area (Å²) in [5, 5.41) is 5.63. The molecule has 0 radical (unpaired) electrons. The average Bonchev–Trinajstić information content (AvgIpc) is 2.98. The Hall–Kier alpha value is -3.71. The first kappa shape index (κ1) is 20.6. The summed E-state index contributed by atoms with van der Waals surface area (Å²) in [6, 6.07) is 18.5. The molecule has 2 N–H and O–H groups in total. The smallest absolute Gasteiger partial charge is 0.323 e. The van der Waals surface area contributed by atoms with Crippen molar-refractivity contribution in [3.05, 3.63) is 89.2 Å². The van der Waals surface area contributed by atoms with Gasteiger partial charge in [-0.15, -0.1) is 0 Å². The van der Waals surface area contributed by atoms with Crippen LogP contribution in [0.15, 0.2) is 72.9 Å². The van der Waals surface area contributed by atoms with Crippen molar-refractivity contribution < 1.29 is 14.4 Å². The van der Waals surface area contributed by atoms with Crippen LogP contribution in [-0.2, 0) is 11.2 Å². The lowest BCUT2D eigenvalue weighted by Crippen LogP contribution is -2.46. The van der Waals surface area contributed by atoms with E-state index in [-0.39, 0.29) is 22.1 Å². The van der Waals surface area contributed by atoms with Gasteiger partial charge in [-0.1, -0.05) is 54.1 Å². The van der Waals surface area contributed by atoms with Crippen molar-refractivity contribution in [3.8, 4) is 0 Å². The van der Waals surface area contributed by atoms with Crippen LogP contribution in [0.2, 0.25) is 5.02 Å². The predicted molar refractivity (Wildman–Crippen MR) is 118 cm³/mol. The molecule has 0 aliphatic carbocycles. The van der Waals surface area contributed by atoms with Gasteiger partial charge in [0.05, 0.1) is 16.4 Å². The molecule has 8 heteroatoms. The van der Waals surface area contributed by atoms with E-state index in [9.17, 15) is 14.4 Å². The number of anilines is 2. The molecule has 1 fully saturated rings. The fourth-order valence-corrected chi connectivity index (χ4v) is 3.80. The molecule has 0 spiro atoms. The highest BCUT2D eigenvalue weighted by molar-refractivity contribution is 6.37. The number of aromatic nitrogens is 1. The fourth-order valence-electron chi connectivity index (χ4n) is 3.54. The number of nitrogens with zero attached hydrogens (tertiary/aromatic N) is 2. The number of pyridine rings is 1. The van der Waals surface area contributed by atoms with E-state index in [2.05, 4.69) is 15.6 Å². The zero-order valence-corrected chi connectivity index (χ0v) is 17.4. The van der Waals surface area contributed by atoms with Crippen molar-refractivity contribution >= 4 is 40.8 Å². The normalized spacial score (nSPS) is 18.1. The van der Waals surface area contributed by atoms with Gasteiger partial charge in [0.25, 0.3) is 11.8 Å². The molecule has 0 bridgehead atoms. The van der Waals surface area contributed by atoms with Gasteiger partial charge in [0.15, 0.2) is 0 Å². The first-order chi connectivity index (χ1) is 14.9. The molecule has 2 heterocycles. The number of para-hydroxylation sites is 1. The minimum absolute atomic E-state index is 0.118. The second-order valence-corrected chi connectivity index (χ2v) is 7.78. The quantitative estimate of drug-likeness (QED) is 0.593. The summed E-state index contributed by atoms with van der Waals surface area (Å²) in [6.45, 7) is 1.67. The third-order valence-electron chi connectivity index (χ3n) is 5.02. The number of amides is 4. The van der Waals surface area contributed by atoms with Gasteiger partial charge in [0, 0.05) is 12.6 Å². The zero-order valence-electron chi connectivity index (χ0n) is 16.6. The van der Waals surface area contributed by atoms with E-state index in [0.717, 1.165) is 10.5 Å². The Morgan fingerprint density at radius 1 is 1.06 bits per heavy atom. The van der Waals surface area contributed by atoms with Crippen molar-refractivity contribution in [2.24, 2.45) is 0 Å². The molecular weight excluding hydrogens is 416 g/mol. The first-order valence-corrected chi connectivity index (χ1v) is 9.98. The van der Waals surface area contributed by atoms with Crippen molar-refractivity contribution in [3.63, 3.8) is 0 Å². The SMILES string of the molecule is CC1(Cc2ccccc2)NC(=O)N(c2c(Cl)cccc2NC(=O)c2ccccn2)C1=O. The maximum absolute atomic E-state index is 13.4. The second-order valence-electron chi connectivity index (χ2n) is 7.37. The van der Waals surface area contributed by atoms with Gasteiger partial charge >= 0.3 is 6.03 Å². The Morgan fingerprint density at radius 2 is 1.81 bits per heavy atom. The van der Waals surface area contributed by atoms with Crippen LogP contribution < -0.4 is 15.5 Å². The van der Waals surface area contributed by atoms with Gasteiger partial charge in [-0.3, -0.25) is 14.6 Å². The van der Waals surface area contributed by atoms with E-state index >= 15 is 0 Å². The van der Waals surface area contributed by atoms with Crippen LogP contribution >= 0.6 is 11.6 Å². The van der Waals surface area contributed by atoms with E-state index < -0.39 is 23.4 Å². The van der Waals surface area contributed by atoms with Crippen LogP contribution in [-0.4, -0.2) is 28.4 Å². The van der Waals surface area contributed by atoms with Gasteiger partial charge in [-0.05, 0) is 36.8 Å². The minimum atomic E-state index is -1.15. The van der Waals surface area contributed by atoms with E-state index in [4.69, 9.17) is 11.6 Å². The van der Waals surface area contributed by atoms with Crippen molar-refractivity contribution in [2.75, 3.05) is 10.2 Å². The number of hydrogen-bond acceptors (Lipinski definition) is 4. The van der Waals surface area contributed by atoms with Crippen molar-refractivity contribution in [2.45, 2.75) is 18.9 Å². The molecule has 1 saturated heterocycles. The molecule has 1 atom stereocenters. The Morgan fingerprint density at radius 3 is 2.52 bits per heavy atom. The molecule has 156 valence electrons. The summed E-state index contributed by atoms with van der Waals surface area (Å²) in [4.78, 5) is 43.8. The number of nitrogens with one attached hydrogen (secondary N) is 2. The van der Waals surface area contributed by atoms with Crippen LogP contribution in [0, 0.1) is 0 Å². The fraction of sp³-hybridized carbons (Fsp3) is 0.130. The number of hydrogen-bond donors (Lipinski definition) is 2. The largest absolute Gasteiger partial charge is 0.329 e. The summed E-state index contributed by atoms with van der Waals surface area (Å²) < 4.78 is 0. The van der Waals surface area contributed by atoms with Crippen LogP contribution in [0.5, 0.6) is 0 Å². The van der Waals surface area contributed by atoms with Crippen molar-refractivity contribution in [1.82, 2.24) is 10.3 Å². The lowest BCUT2D eigenvalue weighted by molar-refractivity contribution is -0.121. The summed E-state index contributed by atoms with van der Waals surface area (Å²) in [6.07, 6.45) is 1.81. The average molecular weight is 435 g/mol. The van der Waals surface area contributed by atoms with E-state index in [1.807, 2.05) is 30.3 Å². The monoisotopic (exact) mass is 434 g/mol. The molecule has 1 aliphatic heterocycles. The van der Waals surface area contributed by atoms with Crippen LogP contribution in [0.25, 0.3) is 0 Å². The standard InChI is InChI=1S/C23H19ClN4O3/c1-23(14-15-8-3-2-4-9-15)21(30)28(22(31)27-23)19-16(24)10-7-12-17(19)26-20(29)18-11-5-6-13-25-18/h2-13H,14H2,1H3,(H,26,29)(H,27,31). The summed E-state index contributed by atoms with van der Waals surface area (Å²) in [7, 11) is 0. The van der Waals surface area contributed by atoms with E-state index in [0.29, 0.717) is 6.42 Å². The topological polar surface area (TPSA) is 91.4 Å². The number of imide groups is 1. The highest BCUT2D eigenvalue weighted by Crippen LogP contribution is 2.38. The van der Waals surface area contributed by atoms with Gasteiger partial charge in [0.2, 0.25) is 0 Å². The van der Waals surface area contributed by atoms with Crippen molar-refractivity contribution in [1.29, 1.82) is 0 Å². The molecule has 3 aromatic rings. The molecule has 1 aliphatic rings. The Balaban J connectivity index is 1.67. The third kappa shape index (κ3) is 4.00. The molecule has 4 rings (SSSR count). The number of urea groups is 1. The predicted octanol–water partition coefficient (Wildman–Crippen LogP) is 4.04. The van der Waals surface area contributed by atoms with E-state index in [1.165, 1.54) is 6.20 Å². The lowest BCUT2D eigenvalue weighted by Gasteiger charge is -2.23. The van der Waals surface area contributed by atoms with Gasteiger partial charge in [-0.25, -0.2) is 9.69 Å². The number of halogens is 1. The van der Waals surface area contributed by atoms with Crippen LogP contribution in [0.4, 0.5) is 16.2 Å². The van der Waals surface area contributed by atoms with Crippen LogP contribution in [0.1, 0.15) is 23.0 Å². The third-order valence-corrected chi connectivity index (χ3v) is 5.32. The highest BCUT2D eigenvalue weighted by Gasteiger charge is 2.49. The molecule has 1 unspecified atom stereocenters. The Labute approximate surface area is 184 Å². The zero-order chi connectivity index (χ0) is 22.0. The summed E-state index contributed by atoms with van der Waals surface area (Å²) >= 11 is 6.38. The molecule has 1 aromatic heterocycles. The molecule has 4 amide bonds. The number of benzene rings is 2. The number of rotatable bonds is 5. The Kier molecular flexibility index (Phi) is 5.44. The molecular formula is C23H19ClN4O3. The number of carbonyl (C=O) groups is 3. The Bertz CT molecular complexity index is 1150. The van der Waals surface area contributed by atoms with Gasteiger partial charge in [-0.2, -0.15) is 0 Å². The molecule has 2 aromatic carbocycles. The maximum atomic E-state index is 13.4. The highest BCUT2D eigenvalue weighted by atomic mass is 35.5. The number of carbonyl (C=O) groups excluding carboxylic acids is 3.